The number of nitrogens with two attached hydrogens (primary N) is 1. The van der Waals surface area contributed by atoms with Gasteiger partial charge in [0.2, 0.25) is 0 Å². The Kier molecular flexibility index (Phi) is 3.44. The highest BCUT2D eigenvalue weighted by Gasteiger charge is 2.16. The van der Waals surface area contributed by atoms with Crippen LogP contribution < -0.4 is 5.73 Å². The lowest BCUT2D eigenvalue weighted by atomic mass is 10.1. The quantitative estimate of drug-likeness (QED) is 0.789. The average molecular weight is 281 g/mol. The molecule has 0 aliphatic heterocycles. The molecule has 2 N–H and O–H groups in total. The minimum Gasteiger partial charge on any atom is -0.383 e. The fourth-order valence-electron chi connectivity index (χ4n) is 2.41. The van der Waals surface area contributed by atoms with Crippen LogP contribution in [0.1, 0.15) is 6.92 Å². The molecule has 1 aromatic heterocycles. The maximum absolute atomic E-state index is 13.1. The van der Waals surface area contributed by atoms with E-state index >= 15 is 0 Å². The summed E-state index contributed by atoms with van der Waals surface area (Å²) in [7, 11) is 0. The summed E-state index contributed by atoms with van der Waals surface area (Å²) in [5, 5.41) is 0. The third-order valence-corrected chi connectivity index (χ3v) is 3.47. The molecule has 0 unspecified atom stereocenters. The molecule has 0 fully saturated rings. The maximum atomic E-state index is 13.1. The summed E-state index contributed by atoms with van der Waals surface area (Å²) in [5.74, 6) is 1.16. The first-order chi connectivity index (χ1) is 10.2. The second-order valence-corrected chi connectivity index (χ2v) is 4.79. The smallest absolute Gasteiger partial charge is 0.142 e. The fraction of sp³-hybridized carbons (Fsp3) is 0.118. The zero-order valence-corrected chi connectivity index (χ0v) is 11.8. The fourth-order valence-corrected chi connectivity index (χ4v) is 2.41. The van der Waals surface area contributed by atoms with Crippen LogP contribution in [0.5, 0.6) is 0 Å². The van der Waals surface area contributed by atoms with E-state index in [1.54, 1.807) is 12.1 Å². The predicted molar refractivity (Wildman–Crippen MR) is 83.1 cm³/mol. The average Bonchev–Trinajstić information content (AvgIpc) is 2.86. The van der Waals surface area contributed by atoms with E-state index in [-0.39, 0.29) is 5.82 Å². The van der Waals surface area contributed by atoms with E-state index in [1.807, 2.05) is 41.8 Å². The van der Waals surface area contributed by atoms with E-state index < -0.39 is 0 Å². The summed E-state index contributed by atoms with van der Waals surface area (Å²) >= 11 is 0. The number of rotatable bonds is 3. The highest BCUT2D eigenvalue weighted by atomic mass is 19.1. The zero-order chi connectivity index (χ0) is 14.8. The first-order valence-corrected chi connectivity index (χ1v) is 6.88. The van der Waals surface area contributed by atoms with Crippen molar-refractivity contribution in [2.24, 2.45) is 0 Å². The number of nitrogen functional groups attached to an aromatic ring is 1. The van der Waals surface area contributed by atoms with Crippen LogP contribution in [0.4, 0.5) is 10.2 Å². The van der Waals surface area contributed by atoms with Gasteiger partial charge < -0.3 is 10.3 Å². The third-order valence-electron chi connectivity index (χ3n) is 3.47. The van der Waals surface area contributed by atoms with Crippen LogP contribution in [0.25, 0.3) is 22.6 Å². The van der Waals surface area contributed by atoms with E-state index in [1.165, 1.54) is 12.1 Å². The molecule has 1 heterocycles. The van der Waals surface area contributed by atoms with E-state index in [0.29, 0.717) is 11.5 Å². The van der Waals surface area contributed by atoms with Gasteiger partial charge >= 0.3 is 0 Å². The van der Waals surface area contributed by atoms with Gasteiger partial charge in [0.05, 0.1) is 0 Å². The molecule has 0 atom stereocenters. The molecule has 3 rings (SSSR count). The van der Waals surface area contributed by atoms with Crippen molar-refractivity contribution in [3.05, 3.63) is 60.4 Å². The van der Waals surface area contributed by atoms with Gasteiger partial charge in [-0.25, -0.2) is 9.37 Å². The van der Waals surface area contributed by atoms with Crippen LogP contribution in [0.15, 0.2) is 54.6 Å². The number of anilines is 1. The Balaban J connectivity index is 2.16. The minimum absolute atomic E-state index is 0.268. The van der Waals surface area contributed by atoms with Gasteiger partial charge in [-0.3, -0.25) is 0 Å². The largest absolute Gasteiger partial charge is 0.383 e. The van der Waals surface area contributed by atoms with E-state index in [2.05, 4.69) is 4.98 Å². The van der Waals surface area contributed by atoms with Crippen LogP contribution in [0.2, 0.25) is 0 Å². The van der Waals surface area contributed by atoms with Crippen LogP contribution >= 0.6 is 0 Å². The normalized spacial score (nSPS) is 10.8. The predicted octanol–water partition coefficient (Wildman–Crippen LogP) is 3.96. The van der Waals surface area contributed by atoms with Gasteiger partial charge in [0.25, 0.3) is 0 Å². The van der Waals surface area contributed by atoms with Crippen molar-refractivity contribution in [2.45, 2.75) is 13.5 Å². The number of imidazole rings is 1. The van der Waals surface area contributed by atoms with Crippen molar-refractivity contribution in [3.63, 3.8) is 0 Å². The monoisotopic (exact) mass is 281 g/mol. The zero-order valence-electron chi connectivity index (χ0n) is 11.8. The molecule has 0 radical (unpaired) electrons. The molecule has 106 valence electrons. The van der Waals surface area contributed by atoms with Gasteiger partial charge in [0.1, 0.15) is 23.2 Å². The molecule has 0 saturated heterocycles. The molecule has 3 aromatic rings. The number of aromatic nitrogens is 2. The summed E-state index contributed by atoms with van der Waals surface area (Å²) in [5.41, 5.74) is 8.75. The van der Waals surface area contributed by atoms with Gasteiger partial charge in [-0.05, 0) is 31.2 Å². The SMILES string of the molecule is CCn1c(-c2ccccc2)nc(-c2ccc(F)cc2)c1N. The van der Waals surface area contributed by atoms with Crippen molar-refractivity contribution < 1.29 is 4.39 Å². The molecule has 4 heteroatoms. The van der Waals surface area contributed by atoms with Crippen LogP contribution in [-0.4, -0.2) is 9.55 Å². The van der Waals surface area contributed by atoms with Crippen molar-refractivity contribution >= 4 is 5.82 Å². The Morgan fingerprint density at radius 1 is 1.00 bits per heavy atom. The number of hydrogen-bond donors (Lipinski definition) is 1. The standard InChI is InChI=1S/C17H16FN3/c1-2-21-16(19)15(12-8-10-14(18)11-9-12)20-17(21)13-6-4-3-5-7-13/h3-11H,2,19H2,1H3. The van der Waals surface area contributed by atoms with Gasteiger partial charge in [-0.15, -0.1) is 0 Å². The van der Waals surface area contributed by atoms with Gasteiger partial charge in [-0.1, -0.05) is 30.3 Å². The molecule has 0 saturated carbocycles. The topological polar surface area (TPSA) is 43.8 Å². The van der Waals surface area contributed by atoms with Crippen LogP contribution in [0, 0.1) is 5.82 Å². The highest BCUT2D eigenvalue weighted by molar-refractivity contribution is 5.75. The Morgan fingerprint density at radius 3 is 2.29 bits per heavy atom. The van der Waals surface area contributed by atoms with Crippen LogP contribution in [0.3, 0.4) is 0 Å². The van der Waals surface area contributed by atoms with E-state index in [4.69, 9.17) is 5.73 Å². The van der Waals surface area contributed by atoms with Crippen molar-refractivity contribution in [1.29, 1.82) is 0 Å². The van der Waals surface area contributed by atoms with Crippen LogP contribution in [-0.2, 0) is 6.54 Å². The molecule has 21 heavy (non-hydrogen) atoms. The molecular weight excluding hydrogens is 265 g/mol. The third kappa shape index (κ3) is 2.40. The molecule has 0 bridgehead atoms. The van der Waals surface area contributed by atoms with Gasteiger partial charge in [-0.2, -0.15) is 0 Å². The first kappa shape index (κ1) is 13.4. The molecule has 0 spiro atoms. The van der Waals surface area contributed by atoms with Crippen molar-refractivity contribution in [2.75, 3.05) is 5.73 Å². The molecule has 0 aliphatic rings. The van der Waals surface area contributed by atoms with Crippen molar-refractivity contribution in [1.82, 2.24) is 9.55 Å². The first-order valence-electron chi connectivity index (χ1n) is 6.88. The summed E-state index contributed by atoms with van der Waals surface area (Å²) in [6.07, 6.45) is 0. The molecular formula is C17H16FN3. The summed E-state index contributed by atoms with van der Waals surface area (Å²) in [6, 6.07) is 16.1. The number of benzene rings is 2. The summed E-state index contributed by atoms with van der Waals surface area (Å²) in [4.78, 5) is 4.67. The second-order valence-electron chi connectivity index (χ2n) is 4.79. The number of hydrogen-bond acceptors (Lipinski definition) is 2. The lowest BCUT2D eigenvalue weighted by Crippen LogP contribution is -2.02. The Labute approximate surface area is 122 Å². The molecule has 0 amide bonds. The number of nitrogens with zero attached hydrogens (tertiary/aromatic N) is 2. The summed E-state index contributed by atoms with van der Waals surface area (Å²) in [6.45, 7) is 2.75. The van der Waals surface area contributed by atoms with E-state index in [9.17, 15) is 4.39 Å². The maximum Gasteiger partial charge on any atom is 0.142 e. The lowest BCUT2D eigenvalue weighted by Gasteiger charge is -2.06. The molecule has 2 aromatic carbocycles. The Bertz CT molecular complexity index is 746. The molecule has 3 nitrogen and oxygen atoms in total. The van der Waals surface area contributed by atoms with Crippen molar-refractivity contribution in [3.8, 4) is 22.6 Å². The number of halogens is 1. The lowest BCUT2D eigenvalue weighted by molar-refractivity contribution is 0.628. The second kappa shape index (κ2) is 5.40. The van der Waals surface area contributed by atoms with Gasteiger partial charge in [0, 0.05) is 17.7 Å². The minimum atomic E-state index is -0.268. The highest BCUT2D eigenvalue weighted by Crippen LogP contribution is 2.31. The Hall–Kier alpha value is -2.62. The van der Waals surface area contributed by atoms with Gasteiger partial charge in [0.15, 0.2) is 0 Å². The Morgan fingerprint density at radius 2 is 1.67 bits per heavy atom. The van der Waals surface area contributed by atoms with E-state index in [0.717, 1.165) is 23.5 Å². The summed E-state index contributed by atoms with van der Waals surface area (Å²) < 4.78 is 15.0. The molecule has 0 aliphatic carbocycles.